The Balaban J connectivity index is 0.000000181. The van der Waals surface area contributed by atoms with Gasteiger partial charge in [-0.15, -0.1) is 0 Å². The molecule has 0 amide bonds. The van der Waals surface area contributed by atoms with Gasteiger partial charge in [0.15, 0.2) is 0 Å². The molecule has 6 saturated carbocycles. The van der Waals surface area contributed by atoms with Gasteiger partial charge < -0.3 is 5.11 Å². The van der Waals surface area contributed by atoms with Crippen molar-refractivity contribution in [3.63, 3.8) is 0 Å². The molecule has 0 aromatic heterocycles. The highest BCUT2D eigenvalue weighted by molar-refractivity contribution is 9.09. The minimum absolute atomic E-state index is 0.0794. The van der Waals surface area contributed by atoms with E-state index in [9.17, 15) is 5.11 Å². The van der Waals surface area contributed by atoms with Crippen LogP contribution in [0, 0.1) is 105 Å². The first-order valence-electron chi connectivity index (χ1n) is 27.1. The second kappa shape index (κ2) is 19.0. The van der Waals surface area contributed by atoms with Crippen molar-refractivity contribution in [3.05, 3.63) is 23.3 Å². The summed E-state index contributed by atoms with van der Waals surface area (Å²) < 4.78 is 0. The van der Waals surface area contributed by atoms with E-state index in [-0.39, 0.29) is 6.10 Å². The van der Waals surface area contributed by atoms with Crippen molar-refractivity contribution in [2.45, 2.75) is 235 Å². The molecule has 60 heavy (non-hydrogen) atoms. The van der Waals surface area contributed by atoms with Crippen LogP contribution in [-0.4, -0.2) is 16.0 Å². The van der Waals surface area contributed by atoms with E-state index in [1.165, 1.54) is 128 Å². The van der Waals surface area contributed by atoms with Gasteiger partial charge in [-0.3, -0.25) is 0 Å². The molecular weight excluding hydrogens is 793 g/mol. The predicted molar refractivity (Wildman–Crippen MR) is 263 cm³/mol. The quantitative estimate of drug-likeness (QED) is 0.153. The van der Waals surface area contributed by atoms with Crippen molar-refractivity contribution in [1.82, 2.24) is 0 Å². The van der Waals surface area contributed by atoms with Gasteiger partial charge in [0, 0.05) is 4.83 Å². The van der Waals surface area contributed by atoms with Crippen LogP contribution in [0.1, 0.15) is 224 Å². The first-order chi connectivity index (χ1) is 28.4. The van der Waals surface area contributed by atoms with Gasteiger partial charge in [0.1, 0.15) is 0 Å². The largest absolute Gasteiger partial charge is 0.393 e. The highest BCUT2D eigenvalue weighted by Gasteiger charge is 2.61. The summed E-state index contributed by atoms with van der Waals surface area (Å²) in [5.41, 5.74) is 5.54. The van der Waals surface area contributed by atoms with Gasteiger partial charge in [-0.05, 0) is 220 Å². The van der Waals surface area contributed by atoms with Gasteiger partial charge in [-0.1, -0.05) is 148 Å². The Hall–Kier alpha value is -0.0800. The average molecular weight is 892 g/mol. The first-order valence-corrected chi connectivity index (χ1v) is 28.0. The minimum atomic E-state index is -0.0794. The van der Waals surface area contributed by atoms with Crippen LogP contribution >= 0.6 is 15.9 Å². The van der Waals surface area contributed by atoms with E-state index < -0.39 is 0 Å². The third kappa shape index (κ3) is 8.81. The molecular formula is C58H99BrO. The van der Waals surface area contributed by atoms with E-state index in [1.54, 1.807) is 5.57 Å². The summed E-state index contributed by atoms with van der Waals surface area (Å²) >= 11 is 3.94. The number of halogens is 1. The van der Waals surface area contributed by atoms with Crippen LogP contribution in [0.15, 0.2) is 23.3 Å². The maximum Gasteiger partial charge on any atom is 0.0577 e. The number of aliphatic hydroxyl groups excluding tert-OH is 1. The van der Waals surface area contributed by atoms with Gasteiger partial charge >= 0.3 is 0 Å². The number of rotatable bonds is 12. The van der Waals surface area contributed by atoms with E-state index in [2.05, 4.69) is 111 Å². The Morgan fingerprint density at radius 3 is 1.42 bits per heavy atom. The van der Waals surface area contributed by atoms with Gasteiger partial charge in [0.25, 0.3) is 0 Å². The number of aliphatic hydroxyl groups is 1. The number of hydrogen-bond donors (Lipinski definition) is 1. The molecule has 344 valence electrons. The van der Waals surface area contributed by atoms with Gasteiger partial charge in [-0.2, -0.15) is 0 Å². The van der Waals surface area contributed by atoms with Crippen molar-refractivity contribution in [3.8, 4) is 0 Å². The van der Waals surface area contributed by atoms with Crippen molar-refractivity contribution >= 4 is 15.9 Å². The van der Waals surface area contributed by atoms with Gasteiger partial charge in [0.2, 0.25) is 0 Å². The molecule has 0 saturated heterocycles. The van der Waals surface area contributed by atoms with E-state index in [0.29, 0.717) is 21.7 Å². The van der Waals surface area contributed by atoms with Crippen molar-refractivity contribution in [2.75, 3.05) is 0 Å². The monoisotopic (exact) mass is 891 g/mol. The lowest BCUT2D eigenvalue weighted by Gasteiger charge is -2.58. The lowest BCUT2D eigenvalue weighted by Crippen LogP contribution is -2.50. The Kier molecular flexibility index (Phi) is 15.2. The van der Waals surface area contributed by atoms with Gasteiger partial charge in [0.05, 0.1) is 6.10 Å². The van der Waals surface area contributed by atoms with Crippen LogP contribution in [0.5, 0.6) is 0 Å². The topological polar surface area (TPSA) is 20.2 Å². The molecule has 8 aliphatic carbocycles. The summed E-state index contributed by atoms with van der Waals surface area (Å²) in [5, 5.41) is 10.2. The lowest BCUT2D eigenvalue weighted by molar-refractivity contribution is -0.0575. The zero-order valence-corrected chi connectivity index (χ0v) is 43.4. The normalized spacial score (nSPS) is 45.3. The van der Waals surface area contributed by atoms with Crippen molar-refractivity contribution < 1.29 is 5.11 Å². The number of fused-ring (bicyclic) bond motifs is 10. The second-order valence-electron chi connectivity index (χ2n) is 25.6. The molecule has 18 atom stereocenters. The summed E-state index contributed by atoms with van der Waals surface area (Å²) in [7, 11) is 0. The molecule has 1 unspecified atom stereocenters. The van der Waals surface area contributed by atoms with E-state index in [0.717, 1.165) is 101 Å². The third-order valence-electron chi connectivity index (χ3n) is 22.6. The highest BCUT2D eigenvalue weighted by Crippen LogP contribution is 2.69. The van der Waals surface area contributed by atoms with Gasteiger partial charge in [-0.25, -0.2) is 0 Å². The molecule has 1 N–H and O–H groups in total. The molecule has 8 rings (SSSR count). The van der Waals surface area contributed by atoms with E-state index in [4.69, 9.17) is 0 Å². The standard InChI is InChI=1S/C29H49Br.C29H50O/c2*1-7-21(19(2)3)9-8-20(4)25-12-13-26-24-11-10-22-18-23(30)14-16-28(22,5)27(24)15-17-29(25,26)6/h10,19-21,23-27H,7-9,11-18H2,1-6H3;10,19-21,23-27,30H,7-9,11-18H2,1-6H3/t20-,21-,23?,24+,25-,26+,27+,28+,29-;20-,21-,23+,24+,25-,26+,27+,28+,29-/m11/s1. The molecule has 6 fully saturated rings. The smallest absolute Gasteiger partial charge is 0.0577 e. The Morgan fingerprint density at radius 1 is 0.550 bits per heavy atom. The predicted octanol–water partition coefficient (Wildman–Crippen LogP) is 17.5. The van der Waals surface area contributed by atoms with Crippen LogP contribution in [0.4, 0.5) is 0 Å². The fraction of sp³-hybridized carbons (Fsp3) is 0.931. The fourth-order valence-corrected chi connectivity index (χ4v) is 19.2. The molecule has 1 nitrogen and oxygen atoms in total. The zero-order chi connectivity index (χ0) is 43.4. The summed E-state index contributed by atoms with van der Waals surface area (Å²) in [6.45, 7) is 30.4. The van der Waals surface area contributed by atoms with Crippen molar-refractivity contribution in [1.29, 1.82) is 0 Å². The highest BCUT2D eigenvalue weighted by atomic mass is 79.9. The maximum atomic E-state index is 10.2. The first kappa shape index (κ1) is 47.9. The Bertz CT molecular complexity index is 1380. The molecule has 0 aromatic carbocycles. The van der Waals surface area contributed by atoms with Crippen LogP contribution in [0.25, 0.3) is 0 Å². The Morgan fingerprint density at radius 2 is 0.983 bits per heavy atom. The fourth-order valence-electron chi connectivity index (χ4n) is 18.6. The number of allylic oxidation sites excluding steroid dienone is 3. The molecule has 0 spiro atoms. The third-order valence-corrected chi connectivity index (χ3v) is 23.3. The zero-order valence-electron chi connectivity index (χ0n) is 41.8. The second-order valence-corrected chi connectivity index (χ2v) is 26.9. The van der Waals surface area contributed by atoms with E-state index in [1.807, 2.05) is 5.57 Å². The molecule has 2 heteroatoms. The average Bonchev–Trinajstić information content (AvgIpc) is 3.75. The molecule has 0 aliphatic heterocycles. The lowest BCUT2D eigenvalue weighted by atomic mass is 9.47. The molecule has 0 aromatic rings. The van der Waals surface area contributed by atoms with Crippen LogP contribution in [0.2, 0.25) is 0 Å². The molecule has 8 aliphatic rings. The maximum absolute atomic E-state index is 10.2. The van der Waals surface area contributed by atoms with Crippen LogP contribution in [0.3, 0.4) is 0 Å². The molecule has 0 bridgehead atoms. The summed E-state index contributed by atoms with van der Waals surface area (Å²) in [5.74, 6) is 12.9. The van der Waals surface area contributed by atoms with Crippen LogP contribution < -0.4 is 0 Å². The van der Waals surface area contributed by atoms with E-state index >= 15 is 0 Å². The SMILES string of the molecule is CC[C@H](CC[C@@H](C)[C@H]1CC[C@H]2[C@@H]3CC=C4CC(Br)CC[C@]4(C)[C@H]3CC[C@]12C)C(C)C.CC[C@H](CC[C@@H](C)[C@H]1CC[C@H]2[C@@H]3CC=C4C[C@@H](O)CC[C@]4(C)[C@H]3CC[C@]12C)C(C)C. The van der Waals surface area contributed by atoms with Crippen molar-refractivity contribution in [2.24, 2.45) is 105 Å². The minimum Gasteiger partial charge on any atom is -0.393 e. The summed E-state index contributed by atoms with van der Waals surface area (Å²) in [6, 6.07) is 0. The van der Waals surface area contributed by atoms with Crippen LogP contribution in [-0.2, 0) is 0 Å². The number of alkyl halides is 1. The summed E-state index contributed by atoms with van der Waals surface area (Å²) in [4.78, 5) is 0.733. The summed E-state index contributed by atoms with van der Waals surface area (Å²) in [6.07, 6.45) is 35.7. The molecule has 0 radical (unpaired) electrons. The Labute approximate surface area is 382 Å². The number of hydrogen-bond acceptors (Lipinski definition) is 1. The molecule has 0 heterocycles.